The Hall–Kier alpha value is -1.48. The second-order valence-corrected chi connectivity index (χ2v) is 5.22. The van der Waals surface area contributed by atoms with Crippen LogP contribution in [-0.2, 0) is 0 Å². The third-order valence-corrected chi connectivity index (χ3v) is 3.19. The molecule has 0 radical (unpaired) electrons. The number of aromatic amines is 1. The Labute approximate surface area is 119 Å². The Morgan fingerprint density at radius 3 is 2.70 bits per heavy atom. The minimum Gasteiger partial charge on any atom is -0.349 e. The Balaban J connectivity index is 2.56. The number of carbonyl (C=O) groups excluding carboxylic acids is 1. The summed E-state index contributed by atoms with van der Waals surface area (Å²) in [7, 11) is 3.64. The van der Waals surface area contributed by atoms with Crippen LogP contribution in [0.5, 0.6) is 0 Å². The van der Waals surface area contributed by atoms with Crippen LogP contribution in [0, 0.1) is 5.41 Å². The Kier molecular flexibility index (Phi) is 6.59. The smallest absolute Gasteiger partial charge is 0.269 e. The van der Waals surface area contributed by atoms with Gasteiger partial charge in [0.15, 0.2) is 0 Å². The van der Waals surface area contributed by atoms with Crippen molar-refractivity contribution in [3.63, 3.8) is 0 Å². The highest BCUT2D eigenvalue weighted by molar-refractivity contribution is 5.92. The highest BCUT2D eigenvalue weighted by Gasteiger charge is 2.29. The van der Waals surface area contributed by atoms with Crippen molar-refractivity contribution in [2.45, 2.75) is 19.9 Å². The summed E-state index contributed by atoms with van der Waals surface area (Å²) in [6, 6.07) is 1.70. The first-order chi connectivity index (χ1) is 9.51. The van der Waals surface area contributed by atoms with Gasteiger partial charge >= 0.3 is 0 Å². The average molecular weight is 283 g/mol. The topological polar surface area (TPSA) is 106 Å². The number of carbonyl (C=O) groups is 1. The van der Waals surface area contributed by atoms with Gasteiger partial charge in [0.05, 0.1) is 0 Å². The van der Waals surface area contributed by atoms with Crippen molar-refractivity contribution < 1.29 is 4.79 Å². The molecule has 0 aromatic carbocycles. The van der Waals surface area contributed by atoms with Crippen LogP contribution in [0.15, 0.2) is 12.3 Å². The predicted octanol–water partition coefficient (Wildman–Crippen LogP) is -1.02. The van der Waals surface area contributed by atoms with E-state index in [9.17, 15) is 4.79 Å². The Morgan fingerprint density at radius 1 is 1.40 bits per heavy atom. The van der Waals surface area contributed by atoms with Crippen LogP contribution in [0.25, 0.3) is 0 Å². The van der Waals surface area contributed by atoms with Crippen LogP contribution in [0.1, 0.15) is 24.3 Å². The molecule has 8 nitrogen and oxygen atoms in total. The standard InChI is InChI=1S/C12H25N7O/c1-12(2,8-17-13-3)10(19-14-4)7-15-11(20)9-5-6-16-18-9/h5-6,10,13-14,17,19H,7-8H2,1-4H3,(H,15,20)(H,16,18). The molecule has 0 bridgehead atoms. The molecule has 1 aromatic rings. The molecule has 114 valence electrons. The first-order valence-corrected chi connectivity index (χ1v) is 6.60. The fourth-order valence-electron chi connectivity index (χ4n) is 1.81. The minimum atomic E-state index is -0.164. The van der Waals surface area contributed by atoms with Gasteiger partial charge in [-0.05, 0) is 25.6 Å². The van der Waals surface area contributed by atoms with Crippen molar-refractivity contribution in [3.05, 3.63) is 18.0 Å². The molecule has 0 fully saturated rings. The van der Waals surface area contributed by atoms with Crippen LogP contribution in [0.3, 0.4) is 0 Å². The van der Waals surface area contributed by atoms with Gasteiger partial charge in [-0.15, -0.1) is 0 Å². The van der Waals surface area contributed by atoms with Gasteiger partial charge in [0.1, 0.15) is 5.69 Å². The van der Waals surface area contributed by atoms with Crippen molar-refractivity contribution in [1.29, 1.82) is 0 Å². The van der Waals surface area contributed by atoms with Gasteiger partial charge in [-0.1, -0.05) is 13.8 Å². The highest BCUT2D eigenvalue weighted by Crippen LogP contribution is 2.18. The van der Waals surface area contributed by atoms with Crippen LogP contribution in [0.2, 0.25) is 0 Å². The summed E-state index contributed by atoms with van der Waals surface area (Å²) in [6.45, 7) is 5.49. The summed E-state index contributed by atoms with van der Waals surface area (Å²) in [5, 5.41) is 9.30. The fourth-order valence-corrected chi connectivity index (χ4v) is 1.81. The van der Waals surface area contributed by atoms with E-state index >= 15 is 0 Å². The average Bonchev–Trinajstić information content (AvgIpc) is 2.94. The molecule has 1 rings (SSSR count). The zero-order chi connectivity index (χ0) is 15.0. The maximum Gasteiger partial charge on any atom is 0.269 e. The molecule has 1 amide bonds. The maximum atomic E-state index is 11.9. The van der Waals surface area contributed by atoms with Gasteiger partial charge in [0, 0.05) is 25.3 Å². The molecule has 20 heavy (non-hydrogen) atoms. The van der Waals surface area contributed by atoms with E-state index in [1.165, 1.54) is 0 Å². The van der Waals surface area contributed by atoms with Crippen molar-refractivity contribution >= 4 is 5.91 Å². The zero-order valence-electron chi connectivity index (χ0n) is 12.5. The lowest BCUT2D eigenvalue weighted by molar-refractivity contribution is 0.0930. The summed E-state index contributed by atoms with van der Waals surface area (Å²) in [5.41, 5.74) is 12.5. The molecule has 1 heterocycles. The third-order valence-electron chi connectivity index (χ3n) is 3.19. The number of nitrogens with zero attached hydrogens (tertiary/aromatic N) is 1. The first-order valence-electron chi connectivity index (χ1n) is 6.60. The van der Waals surface area contributed by atoms with Gasteiger partial charge < -0.3 is 5.32 Å². The van der Waals surface area contributed by atoms with Gasteiger partial charge in [0.25, 0.3) is 5.91 Å². The lowest BCUT2D eigenvalue weighted by Crippen LogP contribution is -2.57. The van der Waals surface area contributed by atoms with E-state index < -0.39 is 0 Å². The molecule has 1 unspecified atom stereocenters. The summed E-state index contributed by atoms with van der Waals surface area (Å²) in [4.78, 5) is 11.9. The quantitative estimate of drug-likeness (QED) is 0.324. The van der Waals surface area contributed by atoms with Gasteiger partial charge in [-0.2, -0.15) is 5.10 Å². The van der Waals surface area contributed by atoms with Crippen molar-refractivity contribution in [3.8, 4) is 0 Å². The van der Waals surface area contributed by atoms with Gasteiger partial charge in [-0.3, -0.25) is 31.6 Å². The van der Waals surface area contributed by atoms with E-state index in [0.29, 0.717) is 12.2 Å². The minimum absolute atomic E-state index is 0.0558. The third kappa shape index (κ3) is 4.89. The molecule has 6 N–H and O–H groups in total. The number of amides is 1. The van der Waals surface area contributed by atoms with Gasteiger partial charge in [0.2, 0.25) is 0 Å². The number of hydrogen-bond donors (Lipinski definition) is 6. The molecule has 0 aliphatic heterocycles. The van der Waals surface area contributed by atoms with Crippen molar-refractivity contribution in [2.24, 2.45) is 5.41 Å². The van der Waals surface area contributed by atoms with Crippen LogP contribution < -0.4 is 27.0 Å². The molecule has 0 spiro atoms. The second kappa shape index (κ2) is 7.95. The van der Waals surface area contributed by atoms with Crippen molar-refractivity contribution in [2.75, 3.05) is 27.2 Å². The largest absolute Gasteiger partial charge is 0.349 e. The monoisotopic (exact) mass is 283 g/mol. The number of H-pyrrole nitrogens is 1. The summed E-state index contributed by atoms with van der Waals surface area (Å²) < 4.78 is 0. The Bertz CT molecular complexity index is 391. The zero-order valence-corrected chi connectivity index (χ0v) is 12.5. The number of aromatic nitrogens is 2. The SMILES string of the molecule is CNNCC(C)(C)C(CNC(=O)c1ccn[nH]1)NNC. The number of hydrogen-bond acceptors (Lipinski definition) is 6. The normalized spacial score (nSPS) is 13.2. The molecule has 0 aliphatic rings. The highest BCUT2D eigenvalue weighted by atomic mass is 16.1. The van der Waals surface area contributed by atoms with E-state index in [0.717, 1.165) is 6.54 Å². The fraction of sp³-hybridized carbons (Fsp3) is 0.667. The van der Waals surface area contributed by atoms with E-state index in [-0.39, 0.29) is 17.4 Å². The molecule has 0 aliphatic carbocycles. The van der Waals surface area contributed by atoms with Crippen LogP contribution in [0.4, 0.5) is 0 Å². The predicted molar refractivity (Wildman–Crippen MR) is 77.7 cm³/mol. The molecule has 0 saturated heterocycles. The second-order valence-electron chi connectivity index (χ2n) is 5.22. The molecule has 0 saturated carbocycles. The maximum absolute atomic E-state index is 11.9. The van der Waals surface area contributed by atoms with Crippen LogP contribution >= 0.6 is 0 Å². The van der Waals surface area contributed by atoms with E-state index in [1.807, 2.05) is 14.1 Å². The van der Waals surface area contributed by atoms with Crippen LogP contribution in [-0.4, -0.2) is 49.3 Å². The molecular weight excluding hydrogens is 258 g/mol. The first kappa shape index (κ1) is 16.6. The van der Waals surface area contributed by atoms with Gasteiger partial charge in [-0.25, -0.2) is 0 Å². The number of nitrogens with one attached hydrogen (secondary N) is 6. The Morgan fingerprint density at radius 2 is 2.15 bits per heavy atom. The lowest BCUT2D eigenvalue weighted by Gasteiger charge is -2.35. The lowest BCUT2D eigenvalue weighted by atomic mass is 9.84. The molecule has 8 heteroatoms. The number of hydrazine groups is 2. The summed E-state index contributed by atoms with van der Waals surface area (Å²) >= 11 is 0. The van der Waals surface area contributed by atoms with E-state index in [4.69, 9.17) is 0 Å². The van der Waals surface area contributed by atoms with E-state index in [1.54, 1.807) is 12.3 Å². The molecule has 1 aromatic heterocycles. The number of rotatable bonds is 9. The summed E-state index contributed by atoms with van der Waals surface area (Å²) in [6.07, 6.45) is 1.55. The molecule has 1 atom stereocenters. The van der Waals surface area contributed by atoms with Crippen molar-refractivity contribution in [1.82, 2.24) is 37.2 Å². The van der Waals surface area contributed by atoms with E-state index in [2.05, 4.69) is 51.1 Å². The molecular formula is C12H25N7O. The summed E-state index contributed by atoms with van der Waals surface area (Å²) in [5.74, 6) is -0.164.